The summed E-state index contributed by atoms with van der Waals surface area (Å²) in [4.78, 5) is 31.1. The van der Waals surface area contributed by atoms with Gasteiger partial charge in [-0.3, -0.25) is 24.6 Å². The van der Waals surface area contributed by atoms with Crippen LogP contribution < -0.4 is 10.6 Å². The van der Waals surface area contributed by atoms with E-state index in [-0.39, 0.29) is 50.3 Å². The van der Waals surface area contributed by atoms with Crippen LogP contribution in [-0.4, -0.2) is 104 Å². The molecule has 1 aromatic rings. The van der Waals surface area contributed by atoms with Gasteiger partial charge in [0, 0.05) is 75.3 Å². The number of amides is 1. The van der Waals surface area contributed by atoms with E-state index in [0.717, 1.165) is 55.0 Å². The number of fused-ring (bicyclic) bond motifs is 1. The summed E-state index contributed by atoms with van der Waals surface area (Å²) >= 11 is 0. The lowest BCUT2D eigenvalue weighted by Gasteiger charge is -2.38. The number of pyridine rings is 1. The maximum absolute atomic E-state index is 14.0. The first-order valence-electron chi connectivity index (χ1n) is 14.5. The van der Waals surface area contributed by atoms with Gasteiger partial charge in [-0.05, 0) is 50.5 Å². The number of ether oxygens (including phenoxy) is 1. The first-order chi connectivity index (χ1) is 19.4. The predicted octanol–water partition coefficient (Wildman–Crippen LogP) is 3.24. The van der Waals surface area contributed by atoms with Crippen LogP contribution in [0, 0.1) is 0 Å². The van der Waals surface area contributed by atoms with Gasteiger partial charge in [0.05, 0.1) is 31.8 Å². The first kappa shape index (κ1) is 28.8. The average molecular weight is 558 g/mol. The minimum atomic E-state index is -2.67. The zero-order valence-corrected chi connectivity index (χ0v) is 23.2. The molecule has 2 atom stereocenters. The molecule has 0 aromatic carbocycles. The predicted molar refractivity (Wildman–Crippen MR) is 152 cm³/mol. The van der Waals surface area contributed by atoms with Gasteiger partial charge in [-0.25, -0.2) is 13.8 Å². The molecule has 1 amide bonds. The van der Waals surface area contributed by atoms with Crippen molar-refractivity contribution in [3.8, 4) is 0 Å². The highest BCUT2D eigenvalue weighted by molar-refractivity contribution is 5.85. The van der Waals surface area contributed by atoms with Crippen molar-refractivity contribution < 1.29 is 18.3 Å². The second-order valence-electron chi connectivity index (χ2n) is 11.2. The largest absolute Gasteiger partial charge is 0.379 e. The molecule has 9 nitrogen and oxygen atoms in total. The van der Waals surface area contributed by atoms with Crippen LogP contribution in [0.15, 0.2) is 33.9 Å². The Bertz CT molecular complexity index is 1090. The van der Waals surface area contributed by atoms with Gasteiger partial charge >= 0.3 is 0 Å². The van der Waals surface area contributed by atoms with E-state index in [0.29, 0.717) is 25.9 Å². The third-order valence-electron chi connectivity index (χ3n) is 8.23. The van der Waals surface area contributed by atoms with Crippen molar-refractivity contribution in [3.05, 3.63) is 35.2 Å². The molecule has 40 heavy (non-hydrogen) atoms. The van der Waals surface area contributed by atoms with Crippen LogP contribution in [0.1, 0.15) is 55.7 Å². The maximum atomic E-state index is 14.0. The van der Waals surface area contributed by atoms with E-state index in [2.05, 4.69) is 32.2 Å². The summed E-state index contributed by atoms with van der Waals surface area (Å²) in [7, 11) is 0. The fourth-order valence-corrected chi connectivity index (χ4v) is 5.70. The molecule has 2 N–H and O–H groups in total. The lowest BCUT2D eigenvalue weighted by Crippen LogP contribution is -2.51. The van der Waals surface area contributed by atoms with Crippen LogP contribution in [0.5, 0.6) is 0 Å². The highest BCUT2D eigenvalue weighted by Crippen LogP contribution is 2.33. The van der Waals surface area contributed by atoms with E-state index < -0.39 is 5.92 Å². The summed E-state index contributed by atoms with van der Waals surface area (Å²) in [6.07, 6.45) is 7.82. The van der Waals surface area contributed by atoms with Crippen molar-refractivity contribution in [2.45, 2.75) is 68.9 Å². The smallest absolute Gasteiger partial charge is 0.250 e. The Morgan fingerprint density at radius 1 is 1.20 bits per heavy atom. The Kier molecular flexibility index (Phi) is 9.54. The van der Waals surface area contributed by atoms with Gasteiger partial charge in [0.25, 0.3) is 5.92 Å². The number of piperidine rings is 1. The van der Waals surface area contributed by atoms with E-state index in [1.165, 1.54) is 12.8 Å². The lowest BCUT2D eigenvalue weighted by molar-refractivity contribution is -0.123. The van der Waals surface area contributed by atoms with Crippen molar-refractivity contribution in [1.29, 1.82) is 0 Å². The summed E-state index contributed by atoms with van der Waals surface area (Å²) < 4.78 is 33.4. The van der Waals surface area contributed by atoms with E-state index in [4.69, 9.17) is 9.72 Å². The van der Waals surface area contributed by atoms with Gasteiger partial charge in [0.2, 0.25) is 5.91 Å². The Morgan fingerprint density at radius 2 is 1.98 bits per heavy atom. The zero-order chi connectivity index (χ0) is 28.0. The first-order valence-corrected chi connectivity index (χ1v) is 14.5. The number of morpholine rings is 1. The quantitative estimate of drug-likeness (QED) is 0.406. The number of rotatable bonds is 11. The minimum Gasteiger partial charge on any atom is -0.379 e. The molecule has 1 saturated carbocycles. The van der Waals surface area contributed by atoms with Crippen molar-refractivity contribution in [2.75, 3.05) is 57.9 Å². The van der Waals surface area contributed by atoms with Gasteiger partial charge in [0.1, 0.15) is 5.82 Å². The summed E-state index contributed by atoms with van der Waals surface area (Å²) in [5.41, 5.74) is 2.71. The monoisotopic (exact) mass is 557 g/mol. The number of hydrogen-bond donors (Lipinski definition) is 2. The van der Waals surface area contributed by atoms with Gasteiger partial charge < -0.3 is 15.4 Å². The average Bonchev–Trinajstić information content (AvgIpc) is 3.78. The molecule has 5 rings (SSSR count). The normalized spacial score (nSPS) is 24.9. The van der Waals surface area contributed by atoms with Crippen molar-refractivity contribution in [3.63, 3.8) is 0 Å². The molecule has 2 aliphatic carbocycles. The number of carbonyl (C=O) groups excluding carboxylic acids is 1. The molecular formula is C29H41F2N7O2. The van der Waals surface area contributed by atoms with E-state index in [9.17, 15) is 13.6 Å². The zero-order valence-electron chi connectivity index (χ0n) is 23.2. The number of aliphatic imine (C=N–C) groups is 2. The van der Waals surface area contributed by atoms with Gasteiger partial charge in [-0.15, -0.1) is 0 Å². The lowest BCUT2D eigenvalue weighted by atomic mass is 9.85. The van der Waals surface area contributed by atoms with Crippen LogP contribution in [0.3, 0.4) is 0 Å². The van der Waals surface area contributed by atoms with Crippen molar-refractivity contribution >= 4 is 24.7 Å². The highest BCUT2D eigenvalue weighted by atomic mass is 19.3. The van der Waals surface area contributed by atoms with Gasteiger partial charge in [-0.1, -0.05) is 6.07 Å². The fraction of sp³-hybridized carbons (Fsp3) is 0.655. The topological polar surface area (TPSA) is 94.4 Å². The van der Waals surface area contributed by atoms with E-state index in [1.54, 1.807) is 12.4 Å². The molecule has 0 bridgehead atoms. The van der Waals surface area contributed by atoms with Gasteiger partial charge in [0.15, 0.2) is 0 Å². The summed E-state index contributed by atoms with van der Waals surface area (Å²) in [5.74, 6) is -2.12. The molecule has 3 fully saturated rings. The molecule has 0 spiro atoms. The fourth-order valence-electron chi connectivity index (χ4n) is 5.70. The number of alkyl halides is 2. The summed E-state index contributed by atoms with van der Waals surface area (Å²) in [6.45, 7) is 7.85. The SMILES string of the molecule is C=N/C=C(\C=NCN1CCOCC1)C(CNC(=O)C1CCCc2nc(NC3CC3)ccc21)N1CCC(F)(F)CC1. The van der Waals surface area contributed by atoms with Crippen molar-refractivity contribution in [1.82, 2.24) is 20.1 Å². The van der Waals surface area contributed by atoms with Crippen LogP contribution in [-0.2, 0) is 16.0 Å². The molecule has 3 heterocycles. The van der Waals surface area contributed by atoms with E-state index in [1.807, 2.05) is 17.0 Å². The minimum absolute atomic E-state index is 0.0610. The Balaban J connectivity index is 1.28. The molecule has 218 valence electrons. The maximum Gasteiger partial charge on any atom is 0.250 e. The molecule has 1 aromatic heterocycles. The number of halogens is 2. The molecule has 11 heteroatoms. The van der Waals surface area contributed by atoms with E-state index >= 15 is 0 Å². The summed E-state index contributed by atoms with van der Waals surface area (Å²) in [6, 6.07) is 4.18. The van der Waals surface area contributed by atoms with Crippen LogP contribution >= 0.6 is 0 Å². The molecule has 2 aliphatic heterocycles. The molecular weight excluding hydrogens is 516 g/mol. The second kappa shape index (κ2) is 13.3. The van der Waals surface area contributed by atoms with Crippen molar-refractivity contribution in [2.24, 2.45) is 9.98 Å². The number of likely N-dealkylation sites (tertiary alicyclic amines) is 1. The molecule has 2 saturated heterocycles. The van der Waals surface area contributed by atoms with Crippen LogP contribution in [0.25, 0.3) is 0 Å². The summed E-state index contributed by atoms with van der Waals surface area (Å²) in [5, 5.41) is 6.59. The highest BCUT2D eigenvalue weighted by Gasteiger charge is 2.37. The van der Waals surface area contributed by atoms with Crippen LogP contribution in [0.2, 0.25) is 0 Å². The van der Waals surface area contributed by atoms with Crippen LogP contribution in [0.4, 0.5) is 14.6 Å². The second-order valence-corrected chi connectivity index (χ2v) is 11.2. The standard InChI is InChI=1S/C29H41F2N7O2/c1-32-17-21(18-33-20-37-13-15-40-16-14-37)26(38-11-9-29(30,31)10-12-38)19-34-28(39)24-3-2-4-25-23(24)7-8-27(36-25)35-22-5-6-22/h7-8,17-18,22,24,26H,1-6,9-16,19-20H2,(H,34,39)(H,35,36)/b21-17+,33-18?. The number of anilines is 1. The molecule has 0 radical (unpaired) electrons. The van der Waals surface area contributed by atoms with Gasteiger partial charge in [-0.2, -0.15) is 0 Å². The number of aryl methyl sites for hydroxylation is 1. The number of nitrogens with zero attached hydrogens (tertiary/aromatic N) is 5. The number of aromatic nitrogens is 1. The number of nitrogens with one attached hydrogen (secondary N) is 2. The Labute approximate surface area is 235 Å². The Hall–Kier alpha value is -2.76. The number of hydrogen-bond acceptors (Lipinski definition) is 8. The molecule has 4 aliphatic rings. The molecule has 2 unspecified atom stereocenters. The third kappa shape index (κ3) is 7.70. The number of carbonyl (C=O) groups is 1. The third-order valence-corrected chi connectivity index (χ3v) is 8.23. The Morgan fingerprint density at radius 3 is 2.70 bits per heavy atom.